The molecule has 0 amide bonds. The molecule has 10 aromatic carbocycles. The summed E-state index contributed by atoms with van der Waals surface area (Å²) in [7, 11) is 0. The predicted octanol–water partition coefficient (Wildman–Crippen LogP) is 16.8. The lowest BCUT2D eigenvalue weighted by Crippen LogP contribution is -2.15. The van der Waals surface area contributed by atoms with Crippen LogP contribution in [0, 0.1) is 0 Å². The van der Waals surface area contributed by atoms with Crippen LogP contribution < -0.4 is 0 Å². The quantitative estimate of drug-likeness (QED) is 0.168. The number of hydrogen-bond donors (Lipinski definition) is 0. The van der Waals surface area contributed by atoms with Crippen LogP contribution in [-0.4, -0.2) is 13.7 Å². The molecule has 3 nitrogen and oxygen atoms in total. The van der Waals surface area contributed by atoms with Crippen molar-refractivity contribution >= 4 is 96.9 Å². The van der Waals surface area contributed by atoms with E-state index < -0.39 is 0 Å². The number of thiophene rings is 1. The van der Waals surface area contributed by atoms with Gasteiger partial charge in [0.05, 0.1) is 16.7 Å². The van der Waals surface area contributed by atoms with E-state index in [1.165, 1.54) is 91.5 Å². The van der Waals surface area contributed by atoms with Gasteiger partial charge in [-0.3, -0.25) is 0 Å². The first-order valence-corrected chi connectivity index (χ1v) is 23.3. The number of fused-ring (bicyclic) bond motifs is 14. The molecule has 306 valence electrons. The van der Waals surface area contributed by atoms with Gasteiger partial charge in [0.15, 0.2) is 0 Å². The molecule has 0 N–H and O–H groups in total. The van der Waals surface area contributed by atoms with Crippen molar-refractivity contribution in [1.29, 1.82) is 0 Å². The molecular weight excluding hydrogens is 807 g/mol. The van der Waals surface area contributed by atoms with Crippen molar-refractivity contribution in [3.05, 3.63) is 223 Å². The molecule has 4 heteroatoms. The van der Waals surface area contributed by atoms with Crippen LogP contribution in [0.1, 0.15) is 25.0 Å². The van der Waals surface area contributed by atoms with Crippen molar-refractivity contribution in [3.63, 3.8) is 0 Å². The molecule has 0 radical (unpaired) electrons. The summed E-state index contributed by atoms with van der Waals surface area (Å²) in [6.45, 7) is 4.73. The first-order valence-electron chi connectivity index (χ1n) is 22.5. The van der Waals surface area contributed by atoms with Gasteiger partial charge in [0.1, 0.15) is 0 Å². The Morgan fingerprint density at radius 1 is 0.338 bits per heavy atom. The summed E-state index contributed by atoms with van der Waals surface area (Å²) in [6.07, 6.45) is 0. The lowest BCUT2D eigenvalue weighted by molar-refractivity contribution is 0.660. The molecule has 0 fully saturated rings. The SMILES string of the molecule is CC1(C)c2ccccc2-c2ccc(-n3c4cccc(c4)c4cccc(c4)n(-c4ccc5c(c4)c4ccccc4n5-c4cccc5ccccc45)c4ccc5sc6ccc3cc6c5c4)cc21. The van der Waals surface area contributed by atoms with Gasteiger partial charge >= 0.3 is 0 Å². The lowest BCUT2D eigenvalue weighted by Gasteiger charge is -2.22. The van der Waals surface area contributed by atoms with Gasteiger partial charge in [0, 0.05) is 75.2 Å². The van der Waals surface area contributed by atoms with Crippen LogP contribution in [0.15, 0.2) is 212 Å². The zero-order valence-corrected chi connectivity index (χ0v) is 36.8. The van der Waals surface area contributed by atoms with Crippen LogP contribution in [0.2, 0.25) is 0 Å². The monoisotopic (exact) mass is 847 g/mol. The molecular formula is C61H41N3S. The van der Waals surface area contributed by atoms with Crippen LogP contribution in [0.4, 0.5) is 0 Å². The highest BCUT2D eigenvalue weighted by atomic mass is 32.1. The summed E-state index contributed by atoms with van der Waals surface area (Å²) < 4.78 is 9.91. The maximum Gasteiger partial charge on any atom is 0.0542 e. The molecule has 1 aliphatic rings. The fourth-order valence-corrected chi connectivity index (χ4v) is 12.2. The standard InChI is InChI=1S/C61H41N3S/c1-61(2)54-21-7-5-19-48(54)49-28-24-46(37-55(49)61)63-42-17-10-15-40(33-42)39-14-9-16-41(32-39)62(44-26-30-59-52(35-44)53-36-45(63)27-31-60(53)65-59)43-25-29-58-51(34-43)50-20-6-8-22-57(50)64(58)56-23-11-13-38-12-3-4-18-47(38)56/h3-37H,1-2H3. The molecule has 65 heavy (non-hydrogen) atoms. The number of rotatable bonds is 3. The summed E-state index contributed by atoms with van der Waals surface area (Å²) in [5, 5.41) is 9.78. The number of benzene rings is 10. The summed E-state index contributed by atoms with van der Waals surface area (Å²) in [5.41, 5.74) is 15.7. The molecule has 0 spiro atoms. The van der Waals surface area contributed by atoms with Gasteiger partial charge in [0.2, 0.25) is 0 Å². The van der Waals surface area contributed by atoms with Crippen LogP contribution in [0.3, 0.4) is 0 Å². The second-order valence-electron chi connectivity index (χ2n) is 18.2. The van der Waals surface area contributed by atoms with Crippen LogP contribution in [-0.2, 0) is 5.41 Å². The predicted molar refractivity (Wildman–Crippen MR) is 278 cm³/mol. The Hall–Kier alpha value is -7.92. The Morgan fingerprint density at radius 3 is 1.65 bits per heavy atom. The van der Waals surface area contributed by atoms with E-state index in [1.807, 2.05) is 11.3 Å². The minimum absolute atomic E-state index is 0.110. The average Bonchev–Trinajstić information content (AvgIpc) is 3.96. The van der Waals surface area contributed by atoms with E-state index in [2.05, 4.69) is 240 Å². The highest BCUT2D eigenvalue weighted by molar-refractivity contribution is 7.25. The molecule has 8 bridgehead atoms. The molecule has 0 saturated carbocycles. The number of aromatic nitrogens is 3. The number of nitrogens with zero attached hydrogens (tertiary/aromatic N) is 3. The zero-order chi connectivity index (χ0) is 43.0. The molecule has 3 aromatic heterocycles. The third kappa shape index (κ3) is 5.35. The van der Waals surface area contributed by atoms with Crippen molar-refractivity contribution < 1.29 is 0 Å². The van der Waals surface area contributed by atoms with Crippen molar-refractivity contribution in [2.75, 3.05) is 0 Å². The summed E-state index contributed by atoms with van der Waals surface area (Å²) in [4.78, 5) is 0. The average molecular weight is 848 g/mol. The molecule has 14 rings (SSSR count). The summed E-state index contributed by atoms with van der Waals surface area (Å²) >= 11 is 1.87. The Balaban J connectivity index is 1.05. The van der Waals surface area contributed by atoms with E-state index >= 15 is 0 Å². The fraction of sp³-hybridized carbons (Fsp3) is 0.0492. The van der Waals surface area contributed by atoms with Gasteiger partial charge < -0.3 is 13.7 Å². The van der Waals surface area contributed by atoms with Gasteiger partial charge in [-0.05, 0) is 142 Å². The fourth-order valence-electron chi connectivity index (χ4n) is 11.2. The topological polar surface area (TPSA) is 14.8 Å². The number of para-hydroxylation sites is 1. The second-order valence-corrected chi connectivity index (χ2v) is 19.3. The van der Waals surface area contributed by atoms with Gasteiger partial charge in [-0.25, -0.2) is 0 Å². The third-order valence-electron chi connectivity index (χ3n) is 14.2. The first kappa shape index (κ1) is 36.6. The van der Waals surface area contributed by atoms with Gasteiger partial charge in [-0.1, -0.05) is 123 Å². The Labute approximate surface area is 379 Å². The lowest BCUT2D eigenvalue weighted by atomic mass is 9.82. The zero-order valence-electron chi connectivity index (χ0n) is 36.0. The van der Waals surface area contributed by atoms with E-state index in [9.17, 15) is 0 Å². The molecule has 0 aliphatic heterocycles. The van der Waals surface area contributed by atoms with Crippen molar-refractivity contribution in [1.82, 2.24) is 13.7 Å². The van der Waals surface area contributed by atoms with Crippen molar-refractivity contribution in [2.24, 2.45) is 0 Å². The first-order chi connectivity index (χ1) is 32.0. The molecule has 13 aromatic rings. The highest BCUT2D eigenvalue weighted by Crippen LogP contribution is 2.49. The molecule has 3 heterocycles. The van der Waals surface area contributed by atoms with Gasteiger partial charge in [0.25, 0.3) is 0 Å². The van der Waals surface area contributed by atoms with Gasteiger partial charge in [-0.2, -0.15) is 0 Å². The normalized spacial score (nSPS) is 13.2. The van der Waals surface area contributed by atoms with E-state index in [0.717, 1.165) is 33.4 Å². The molecule has 0 saturated heterocycles. The minimum Gasteiger partial charge on any atom is -0.310 e. The Morgan fingerprint density at radius 2 is 0.892 bits per heavy atom. The maximum atomic E-state index is 2.46. The van der Waals surface area contributed by atoms with Crippen LogP contribution in [0.25, 0.3) is 114 Å². The second kappa shape index (κ2) is 13.5. The molecule has 0 unspecified atom stereocenters. The summed E-state index contributed by atoms with van der Waals surface area (Å²) in [6, 6.07) is 79.5. The Bertz CT molecular complexity index is 4220. The van der Waals surface area contributed by atoms with E-state index in [0.29, 0.717) is 0 Å². The maximum absolute atomic E-state index is 2.46. The third-order valence-corrected chi connectivity index (χ3v) is 15.4. The van der Waals surface area contributed by atoms with E-state index in [-0.39, 0.29) is 5.41 Å². The van der Waals surface area contributed by atoms with Crippen LogP contribution >= 0.6 is 11.3 Å². The minimum atomic E-state index is -0.110. The Kier molecular flexibility index (Phi) is 7.62. The van der Waals surface area contributed by atoms with Crippen molar-refractivity contribution in [2.45, 2.75) is 19.3 Å². The van der Waals surface area contributed by atoms with Gasteiger partial charge in [-0.15, -0.1) is 11.3 Å². The van der Waals surface area contributed by atoms with Crippen molar-refractivity contribution in [3.8, 4) is 28.2 Å². The van der Waals surface area contributed by atoms with E-state index in [4.69, 9.17) is 0 Å². The molecule has 0 atom stereocenters. The summed E-state index contributed by atoms with van der Waals surface area (Å²) in [5.74, 6) is 0. The molecule has 1 aliphatic carbocycles. The van der Waals surface area contributed by atoms with E-state index in [1.54, 1.807) is 0 Å². The largest absolute Gasteiger partial charge is 0.310 e. The highest BCUT2D eigenvalue weighted by Gasteiger charge is 2.35. The number of hydrogen-bond acceptors (Lipinski definition) is 1. The van der Waals surface area contributed by atoms with Crippen LogP contribution in [0.5, 0.6) is 0 Å². The smallest absolute Gasteiger partial charge is 0.0542 e.